The van der Waals surface area contributed by atoms with Crippen molar-refractivity contribution in [3.63, 3.8) is 0 Å². The topological polar surface area (TPSA) is 189 Å². The fraction of sp³-hybridized carbons (Fsp3) is 0.267. The van der Waals surface area contributed by atoms with E-state index in [1.807, 2.05) is 67.6 Å². The largest absolute Gasteiger partial charge is 4.00 e. The van der Waals surface area contributed by atoms with E-state index in [0.29, 0.717) is 0 Å². The Kier molecular flexibility index (Phi) is 11.1. The first kappa shape index (κ1) is 28.2. The zero-order valence-corrected chi connectivity index (χ0v) is 17.7. The Morgan fingerprint density at radius 2 is 1.18 bits per heavy atom. The first-order valence-corrected chi connectivity index (χ1v) is 8.53. The van der Waals surface area contributed by atoms with Crippen molar-refractivity contribution in [2.45, 2.75) is 13.8 Å². The second-order valence-electron chi connectivity index (χ2n) is 5.41. The van der Waals surface area contributed by atoms with Crippen molar-refractivity contribution < 1.29 is 47.0 Å². The van der Waals surface area contributed by atoms with Crippen LogP contribution in [-0.2, 0) is 48.5 Å². The minimum absolute atomic E-state index is 0. The third kappa shape index (κ3) is 7.90. The zero-order chi connectivity index (χ0) is 18.8. The summed E-state index contributed by atoms with van der Waals surface area (Å²) in [5.74, 6) is 0. The summed E-state index contributed by atoms with van der Waals surface area (Å²) in [4.78, 5) is 4.67. The van der Waals surface area contributed by atoms with Crippen molar-refractivity contribution in [3.8, 4) is 22.8 Å². The first-order chi connectivity index (χ1) is 11.5. The molecule has 0 unspecified atom stereocenters. The van der Waals surface area contributed by atoms with Crippen LogP contribution in [0.25, 0.3) is 22.8 Å². The molecule has 151 valence electrons. The van der Waals surface area contributed by atoms with Gasteiger partial charge in [0.05, 0.1) is 11.4 Å². The molecular weight excluding hydrogens is 429 g/mol. The van der Waals surface area contributed by atoms with Gasteiger partial charge in [-0.3, -0.25) is 17.8 Å². The molecule has 28 heavy (non-hydrogen) atoms. The molecule has 11 nitrogen and oxygen atoms in total. The van der Waals surface area contributed by atoms with E-state index in [-0.39, 0.29) is 29.5 Å². The van der Waals surface area contributed by atoms with Crippen molar-refractivity contribution in [3.05, 3.63) is 41.7 Å². The van der Waals surface area contributed by atoms with Gasteiger partial charge in [-0.2, -0.15) is 10.2 Å². The first-order valence-electron chi connectivity index (χ1n) is 7.20. The van der Waals surface area contributed by atoms with Crippen molar-refractivity contribution >= 4 is 10.4 Å². The van der Waals surface area contributed by atoms with E-state index in [0.717, 1.165) is 34.2 Å². The van der Waals surface area contributed by atoms with Crippen LogP contribution in [0.15, 0.2) is 30.3 Å². The molecule has 0 spiro atoms. The van der Waals surface area contributed by atoms with E-state index < -0.39 is 10.4 Å². The summed E-state index contributed by atoms with van der Waals surface area (Å²) in [6.07, 6.45) is 0. The Morgan fingerprint density at radius 3 is 1.43 bits per heavy atom. The van der Waals surface area contributed by atoms with Gasteiger partial charge in [0.15, 0.2) is 0 Å². The quantitative estimate of drug-likeness (QED) is 0.395. The van der Waals surface area contributed by atoms with Crippen LogP contribution < -0.4 is 0 Å². The number of aromatic nitrogens is 5. The number of nitrogens with zero attached hydrogens (tertiary/aromatic N) is 5. The Labute approximate surface area is 174 Å². The van der Waals surface area contributed by atoms with E-state index in [4.69, 9.17) is 17.5 Å². The fourth-order valence-corrected chi connectivity index (χ4v) is 2.09. The molecule has 13 heteroatoms. The number of aryl methyl sites for hydroxylation is 4. The predicted octanol–water partition coefficient (Wildman–Crippen LogP) is 0.215. The summed E-state index contributed by atoms with van der Waals surface area (Å²) in [5, 5.41) is 8.93. The average molecular weight is 448 g/mol. The molecule has 1 radical (unpaired) electrons. The fourth-order valence-electron chi connectivity index (χ4n) is 2.09. The van der Waals surface area contributed by atoms with Gasteiger partial charge in [0.25, 0.3) is 0 Å². The van der Waals surface area contributed by atoms with Gasteiger partial charge in [0.2, 0.25) is 0 Å². The average Bonchev–Trinajstić information content (AvgIpc) is 3.01. The Bertz CT molecular complexity index is 894. The summed E-state index contributed by atoms with van der Waals surface area (Å²) >= 11 is 0. The number of hydrogen-bond acceptors (Lipinski definition) is 7. The van der Waals surface area contributed by atoms with Gasteiger partial charge in [0, 0.05) is 35.9 Å². The van der Waals surface area contributed by atoms with Crippen LogP contribution in [0.4, 0.5) is 0 Å². The summed E-state index contributed by atoms with van der Waals surface area (Å²) < 4.78 is 37.8. The van der Waals surface area contributed by atoms with E-state index >= 15 is 0 Å². The normalized spacial score (nSPS) is 9.93. The molecule has 3 heterocycles. The summed E-state index contributed by atoms with van der Waals surface area (Å²) in [6.45, 7) is 4.06. The van der Waals surface area contributed by atoms with E-state index in [2.05, 4.69) is 15.2 Å². The molecule has 0 fully saturated rings. The second kappa shape index (κ2) is 11.1. The van der Waals surface area contributed by atoms with Gasteiger partial charge in [-0.15, -0.1) is 0 Å². The number of rotatable bonds is 2. The summed E-state index contributed by atoms with van der Waals surface area (Å²) in [7, 11) is -1.30. The molecule has 0 saturated heterocycles. The van der Waals surface area contributed by atoms with Crippen LogP contribution in [0.2, 0.25) is 0 Å². The van der Waals surface area contributed by atoms with Gasteiger partial charge in [-0.1, -0.05) is 6.07 Å². The van der Waals surface area contributed by atoms with Gasteiger partial charge in [0.1, 0.15) is 11.4 Å². The van der Waals surface area contributed by atoms with Gasteiger partial charge in [-0.05, 0) is 38.1 Å². The maximum atomic E-state index is 8.52. The summed E-state index contributed by atoms with van der Waals surface area (Å²) in [5.41, 5.74) is 5.74. The van der Waals surface area contributed by atoms with Crippen LogP contribution in [-0.4, -0.2) is 47.5 Å². The molecule has 0 aliphatic rings. The molecule has 3 aromatic rings. The summed E-state index contributed by atoms with van der Waals surface area (Å²) in [6, 6.07) is 10.0. The van der Waals surface area contributed by atoms with Crippen molar-refractivity contribution in [2.75, 3.05) is 0 Å². The smallest absolute Gasteiger partial charge is 2.00 e. The van der Waals surface area contributed by atoms with Crippen molar-refractivity contribution in [2.24, 2.45) is 14.1 Å². The molecular formula is C15H19N5O6SV. The van der Waals surface area contributed by atoms with Crippen LogP contribution in [0, 0.1) is 13.8 Å². The van der Waals surface area contributed by atoms with Gasteiger partial charge in [-0.25, -0.2) is 4.98 Å². The maximum Gasteiger partial charge on any atom is 4.00 e. The third-order valence-corrected chi connectivity index (χ3v) is 3.50. The van der Waals surface area contributed by atoms with Gasteiger partial charge < -0.3 is 20.1 Å². The Balaban J connectivity index is 0. The minimum Gasteiger partial charge on any atom is -2.00 e. The van der Waals surface area contributed by atoms with E-state index in [9.17, 15) is 0 Å². The molecule has 0 atom stereocenters. The predicted molar refractivity (Wildman–Crippen MR) is 92.9 cm³/mol. The monoisotopic (exact) mass is 448 g/mol. The maximum absolute atomic E-state index is 8.52. The molecule has 3 aromatic heterocycles. The van der Waals surface area contributed by atoms with Crippen LogP contribution >= 0.6 is 0 Å². The number of hydrogen-bond donors (Lipinski definition) is 0. The molecule has 0 bridgehead atoms. The molecule has 0 saturated carbocycles. The van der Waals surface area contributed by atoms with Gasteiger partial charge >= 0.3 is 18.6 Å². The minimum atomic E-state index is -5.17. The van der Waals surface area contributed by atoms with E-state index in [1.54, 1.807) is 0 Å². The third-order valence-electron chi connectivity index (χ3n) is 3.50. The Morgan fingerprint density at radius 1 is 0.857 bits per heavy atom. The molecule has 2 N–H and O–H groups in total. The Hall–Kier alpha value is -2.06. The molecule has 0 aliphatic carbocycles. The zero-order valence-electron chi connectivity index (χ0n) is 15.5. The standard InChI is InChI=1S/C15H17N5.H2O4S.H2O.O.V/c1-10-8-14(17-19(10)3)12-6-5-7-13(16-12)15-9-11(2)20(4)18-15;1-5(2,3)4;;;/h5-9H,1-4H3;(H2,1,2,3,4);1H2;;/q;;;-2;+4/p-2. The van der Waals surface area contributed by atoms with Crippen LogP contribution in [0.5, 0.6) is 0 Å². The molecule has 0 aromatic carbocycles. The van der Waals surface area contributed by atoms with E-state index in [1.165, 1.54) is 0 Å². The van der Waals surface area contributed by atoms with Crippen LogP contribution in [0.3, 0.4) is 0 Å². The molecule has 3 rings (SSSR count). The van der Waals surface area contributed by atoms with Crippen molar-refractivity contribution in [1.29, 1.82) is 0 Å². The molecule has 0 amide bonds. The van der Waals surface area contributed by atoms with Crippen molar-refractivity contribution in [1.82, 2.24) is 24.5 Å². The molecule has 0 aliphatic heterocycles. The van der Waals surface area contributed by atoms with Crippen LogP contribution in [0.1, 0.15) is 11.4 Å². The number of pyridine rings is 1. The second-order valence-corrected chi connectivity index (χ2v) is 6.22. The SMILES string of the molecule is Cc1cc(-c2cccc(-c3cc(C)n(C)n3)n2)nn1C.O.O=S(=O)([O-])[O-].[O-2].[V+4].